The average molecular weight is 328 g/mol. The van der Waals surface area contributed by atoms with Crippen LogP contribution in [0.2, 0.25) is 0 Å². The number of halogens is 1. The number of carbonyl (C=O) groups excluding carboxylic acids is 1. The van der Waals surface area contributed by atoms with E-state index in [4.69, 9.17) is 4.74 Å². The van der Waals surface area contributed by atoms with Crippen LogP contribution in [0.25, 0.3) is 0 Å². The maximum absolute atomic E-state index is 13.1. The molecule has 1 fully saturated rings. The number of amides is 2. The molecule has 5 heteroatoms. The van der Waals surface area contributed by atoms with Crippen molar-refractivity contribution in [2.75, 3.05) is 18.5 Å². The number of likely N-dealkylation sites (tertiary alicyclic amines) is 1. The van der Waals surface area contributed by atoms with E-state index in [1.807, 2.05) is 36.1 Å². The maximum atomic E-state index is 13.1. The van der Waals surface area contributed by atoms with Crippen LogP contribution < -0.4 is 10.1 Å². The smallest absolute Gasteiger partial charge is 0.322 e. The van der Waals surface area contributed by atoms with E-state index in [-0.39, 0.29) is 17.9 Å². The molecule has 1 atom stereocenters. The molecular weight excluding hydrogens is 307 g/mol. The van der Waals surface area contributed by atoms with Crippen molar-refractivity contribution in [2.45, 2.75) is 25.8 Å². The summed E-state index contributed by atoms with van der Waals surface area (Å²) >= 11 is 0. The van der Waals surface area contributed by atoms with E-state index in [0.29, 0.717) is 13.2 Å². The minimum atomic E-state index is -0.262. The molecule has 1 aliphatic heterocycles. The van der Waals surface area contributed by atoms with Crippen LogP contribution in [0.4, 0.5) is 14.9 Å². The molecule has 3 rings (SSSR count). The number of nitrogens with zero attached hydrogens (tertiary/aromatic N) is 1. The molecule has 0 aliphatic carbocycles. The number of hydrogen-bond donors (Lipinski definition) is 1. The van der Waals surface area contributed by atoms with E-state index < -0.39 is 0 Å². The fourth-order valence-electron chi connectivity index (χ4n) is 3.04. The molecule has 1 saturated heterocycles. The quantitative estimate of drug-likeness (QED) is 0.891. The molecule has 0 bridgehead atoms. The van der Waals surface area contributed by atoms with Crippen molar-refractivity contribution in [3.05, 3.63) is 59.9 Å². The van der Waals surface area contributed by atoms with Gasteiger partial charge in [0.2, 0.25) is 0 Å². The summed E-state index contributed by atoms with van der Waals surface area (Å²) in [4.78, 5) is 14.4. The summed E-state index contributed by atoms with van der Waals surface area (Å²) in [6.45, 7) is 3.24. The first-order valence-corrected chi connectivity index (χ1v) is 8.23. The molecule has 0 unspecified atom stereocenters. The van der Waals surface area contributed by atoms with Gasteiger partial charge in [-0.3, -0.25) is 0 Å². The second kappa shape index (κ2) is 7.34. The van der Waals surface area contributed by atoms with E-state index >= 15 is 0 Å². The highest BCUT2D eigenvalue weighted by Crippen LogP contribution is 2.32. The van der Waals surface area contributed by atoms with E-state index in [1.165, 1.54) is 12.1 Å². The highest BCUT2D eigenvalue weighted by Gasteiger charge is 2.29. The lowest BCUT2D eigenvalue weighted by molar-refractivity contribution is 0.207. The van der Waals surface area contributed by atoms with Crippen molar-refractivity contribution >= 4 is 11.7 Å². The first-order chi connectivity index (χ1) is 11.7. The monoisotopic (exact) mass is 328 g/mol. The predicted octanol–water partition coefficient (Wildman–Crippen LogP) is 4.59. The fourth-order valence-corrected chi connectivity index (χ4v) is 3.04. The van der Waals surface area contributed by atoms with Gasteiger partial charge in [0.1, 0.15) is 11.6 Å². The third-order valence-corrected chi connectivity index (χ3v) is 4.19. The van der Waals surface area contributed by atoms with Crippen LogP contribution in [0.5, 0.6) is 5.75 Å². The largest absolute Gasteiger partial charge is 0.494 e. The van der Waals surface area contributed by atoms with Gasteiger partial charge in [0, 0.05) is 12.2 Å². The Morgan fingerprint density at radius 3 is 2.58 bits per heavy atom. The zero-order valence-corrected chi connectivity index (χ0v) is 13.7. The van der Waals surface area contributed by atoms with Crippen molar-refractivity contribution in [3.8, 4) is 5.75 Å². The molecule has 24 heavy (non-hydrogen) atoms. The molecule has 0 aromatic heterocycles. The van der Waals surface area contributed by atoms with Gasteiger partial charge in [-0.2, -0.15) is 0 Å². The second-order valence-corrected chi connectivity index (χ2v) is 5.79. The van der Waals surface area contributed by atoms with Gasteiger partial charge in [-0.25, -0.2) is 9.18 Å². The summed E-state index contributed by atoms with van der Waals surface area (Å²) in [5.41, 5.74) is 1.70. The SMILES string of the molecule is CCOc1ccc(NC(=O)N2CCC[C@H]2c2ccc(F)cc2)cc1. The molecule has 126 valence electrons. The summed E-state index contributed by atoms with van der Waals surface area (Å²) in [6.07, 6.45) is 1.83. The summed E-state index contributed by atoms with van der Waals surface area (Å²) in [7, 11) is 0. The lowest BCUT2D eigenvalue weighted by atomic mass is 10.0. The zero-order chi connectivity index (χ0) is 16.9. The number of rotatable bonds is 4. The number of hydrogen-bond acceptors (Lipinski definition) is 2. The molecule has 1 heterocycles. The normalized spacial score (nSPS) is 16.9. The average Bonchev–Trinajstić information content (AvgIpc) is 3.07. The van der Waals surface area contributed by atoms with E-state index in [9.17, 15) is 9.18 Å². The Morgan fingerprint density at radius 1 is 1.21 bits per heavy atom. The Bertz CT molecular complexity index is 686. The topological polar surface area (TPSA) is 41.6 Å². The van der Waals surface area contributed by atoms with E-state index in [1.54, 1.807) is 12.1 Å². The molecule has 0 saturated carbocycles. The Balaban J connectivity index is 1.68. The van der Waals surface area contributed by atoms with Crippen LogP contribution in [0.15, 0.2) is 48.5 Å². The van der Waals surface area contributed by atoms with Crippen molar-refractivity contribution in [2.24, 2.45) is 0 Å². The van der Waals surface area contributed by atoms with Crippen LogP contribution in [-0.4, -0.2) is 24.1 Å². The standard InChI is InChI=1S/C19H21FN2O2/c1-2-24-17-11-9-16(10-12-17)21-19(23)22-13-3-4-18(22)14-5-7-15(20)8-6-14/h5-12,18H,2-4,13H2,1H3,(H,21,23)/t18-/m0/s1. The van der Waals surface area contributed by atoms with Gasteiger partial charge in [0.05, 0.1) is 12.6 Å². The number of nitrogens with one attached hydrogen (secondary N) is 1. The van der Waals surface area contributed by atoms with E-state index in [0.717, 1.165) is 29.8 Å². The van der Waals surface area contributed by atoms with Crippen molar-refractivity contribution < 1.29 is 13.9 Å². The Kier molecular flexibility index (Phi) is 4.99. The molecule has 4 nitrogen and oxygen atoms in total. The third kappa shape index (κ3) is 3.67. The molecule has 0 radical (unpaired) electrons. The Hall–Kier alpha value is -2.56. The predicted molar refractivity (Wildman–Crippen MR) is 91.7 cm³/mol. The molecule has 2 aromatic carbocycles. The van der Waals surface area contributed by atoms with Crippen LogP contribution in [0.1, 0.15) is 31.4 Å². The fraction of sp³-hybridized carbons (Fsp3) is 0.316. The molecule has 1 N–H and O–H groups in total. The zero-order valence-electron chi connectivity index (χ0n) is 13.7. The van der Waals surface area contributed by atoms with Crippen LogP contribution in [-0.2, 0) is 0 Å². The summed E-state index contributed by atoms with van der Waals surface area (Å²) in [6, 6.07) is 13.6. The highest BCUT2D eigenvalue weighted by molar-refractivity contribution is 5.89. The van der Waals surface area contributed by atoms with Gasteiger partial charge in [0.25, 0.3) is 0 Å². The van der Waals surface area contributed by atoms with Gasteiger partial charge in [0.15, 0.2) is 0 Å². The van der Waals surface area contributed by atoms with Gasteiger partial charge in [-0.1, -0.05) is 12.1 Å². The Morgan fingerprint density at radius 2 is 1.92 bits per heavy atom. The summed E-state index contributed by atoms with van der Waals surface area (Å²) in [5, 5.41) is 2.92. The summed E-state index contributed by atoms with van der Waals surface area (Å²) < 4.78 is 18.5. The minimum absolute atomic E-state index is 0.00621. The lowest BCUT2D eigenvalue weighted by Gasteiger charge is -2.25. The molecule has 0 spiro atoms. The van der Waals surface area contributed by atoms with Crippen molar-refractivity contribution in [3.63, 3.8) is 0 Å². The third-order valence-electron chi connectivity index (χ3n) is 4.19. The lowest BCUT2D eigenvalue weighted by Crippen LogP contribution is -2.34. The second-order valence-electron chi connectivity index (χ2n) is 5.79. The van der Waals surface area contributed by atoms with Crippen molar-refractivity contribution in [1.82, 2.24) is 4.90 Å². The number of benzene rings is 2. The van der Waals surface area contributed by atoms with Crippen molar-refractivity contribution in [1.29, 1.82) is 0 Å². The molecule has 2 amide bonds. The van der Waals surface area contributed by atoms with Gasteiger partial charge in [-0.15, -0.1) is 0 Å². The molecule has 1 aliphatic rings. The molecular formula is C19H21FN2O2. The minimum Gasteiger partial charge on any atom is -0.494 e. The number of ether oxygens (including phenoxy) is 1. The highest BCUT2D eigenvalue weighted by atomic mass is 19.1. The number of carbonyl (C=O) groups is 1. The van der Waals surface area contributed by atoms with E-state index in [2.05, 4.69) is 5.32 Å². The van der Waals surface area contributed by atoms with Crippen LogP contribution in [0.3, 0.4) is 0 Å². The number of urea groups is 1. The number of anilines is 1. The van der Waals surface area contributed by atoms with Crippen LogP contribution in [0, 0.1) is 5.82 Å². The van der Waals surface area contributed by atoms with Crippen LogP contribution >= 0.6 is 0 Å². The first-order valence-electron chi connectivity index (χ1n) is 8.23. The first kappa shape index (κ1) is 16.3. The molecule has 2 aromatic rings. The maximum Gasteiger partial charge on any atom is 0.322 e. The Labute approximate surface area is 141 Å². The summed E-state index contributed by atoms with van der Waals surface area (Å²) in [5.74, 6) is 0.517. The van der Waals surface area contributed by atoms with Gasteiger partial charge < -0.3 is 15.0 Å². The van der Waals surface area contributed by atoms with Gasteiger partial charge >= 0.3 is 6.03 Å². The van der Waals surface area contributed by atoms with Gasteiger partial charge in [-0.05, 0) is 61.7 Å².